The molecule has 0 bridgehead atoms. The highest BCUT2D eigenvalue weighted by atomic mass is 16.5. The van der Waals surface area contributed by atoms with E-state index in [1.165, 1.54) is 23.9 Å². The van der Waals surface area contributed by atoms with Gasteiger partial charge in [0.05, 0.1) is 18.4 Å². The second-order valence-electron chi connectivity index (χ2n) is 4.89. The molecule has 0 radical (unpaired) electrons. The van der Waals surface area contributed by atoms with Crippen molar-refractivity contribution in [3.63, 3.8) is 0 Å². The molecule has 7 heteroatoms. The topological polar surface area (TPSA) is 114 Å². The lowest BCUT2D eigenvalue weighted by Crippen LogP contribution is -2.11. The van der Waals surface area contributed by atoms with E-state index >= 15 is 0 Å². The predicted molar refractivity (Wildman–Crippen MR) is 84.4 cm³/mol. The number of esters is 1. The SMILES string of the molecule is COC(=O)c1c(N)c(C#N)cn1-c1ccc2c[nH]c(=O)cc2c1. The normalized spacial score (nSPS) is 10.4. The maximum absolute atomic E-state index is 12.0. The minimum Gasteiger partial charge on any atom is -0.464 e. The first-order chi connectivity index (χ1) is 11.0. The number of aromatic amines is 1. The average Bonchev–Trinajstić information content (AvgIpc) is 2.90. The molecule has 3 rings (SSSR count). The molecular weight excluding hydrogens is 296 g/mol. The van der Waals surface area contributed by atoms with Gasteiger partial charge in [0.2, 0.25) is 5.56 Å². The second kappa shape index (κ2) is 5.35. The predicted octanol–water partition coefficient (Wildman–Crippen LogP) is 1.56. The number of nitrogens with two attached hydrogens (primary N) is 1. The molecule has 0 fully saturated rings. The number of carbonyl (C=O) groups excluding carboxylic acids is 1. The zero-order valence-electron chi connectivity index (χ0n) is 12.2. The highest BCUT2D eigenvalue weighted by Crippen LogP contribution is 2.26. The number of nitrogens with one attached hydrogen (secondary N) is 1. The van der Waals surface area contributed by atoms with Gasteiger partial charge in [-0.15, -0.1) is 0 Å². The van der Waals surface area contributed by atoms with Crippen LogP contribution in [0.15, 0.2) is 41.5 Å². The number of methoxy groups -OCH3 is 1. The molecule has 7 nitrogen and oxygen atoms in total. The van der Waals surface area contributed by atoms with Gasteiger partial charge < -0.3 is 20.0 Å². The van der Waals surface area contributed by atoms with E-state index in [9.17, 15) is 9.59 Å². The summed E-state index contributed by atoms with van der Waals surface area (Å²) in [7, 11) is 1.24. The number of nitrogen functional groups attached to an aromatic ring is 1. The number of pyridine rings is 1. The third-order valence-electron chi connectivity index (χ3n) is 3.55. The molecule has 2 heterocycles. The maximum Gasteiger partial charge on any atom is 0.357 e. The molecule has 0 unspecified atom stereocenters. The van der Waals surface area contributed by atoms with E-state index in [1.807, 2.05) is 6.07 Å². The molecule has 0 aliphatic heterocycles. The van der Waals surface area contributed by atoms with Gasteiger partial charge in [-0.3, -0.25) is 4.79 Å². The first kappa shape index (κ1) is 14.4. The zero-order chi connectivity index (χ0) is 16.6. The zero-order valence-corrected chi connectivity index (χ0v) is 12.2. The monoisotopic (exact) mass is 308 g/mol. The van der Waals surface area contributed by atoms with E-state index in [1.54, 1.807) is 24.4 Å². The van der Waals surface area contributed by atoms with Gasteiger partial charge in [0.1, 0.15) is 6.07 Å². The Morgan fingerprint density at radius 3 is 2.83 bits per heavy atom. The first-order valence-corrected chi connectivity index (χ1v) is 6.67. The Bertz CT molecular complexity index is 1020. The third kappa shape index (κ3) is 2.32. The van der Waals surface area contributed by atoms with Crippen molar-refractivity contribution in [1.82, 2.24) is 9.55 Å². The van der Waals surface area contributed by atoms with E-state index in [0.717, 1.165) is 5.39 Å². The fourth-order valence-electron chi connectivity index (χ4n) is 2.42. The molecule has 0 saturated carbocycles. The van der Waals surface area contributed by atoms with Crippen LogP contribution in [0.25, 0.3) is 16.5 Å². The van der Waals surface area contributed by atoms with E-state index in [2.05, 4.69) is 4.98 Å². The lowest BCUT2D eigenvalue weighted by molar-refractivity contribution is 0.0593. The number of hydrogen-bond acceptors (Lipinski definition) is 5. The van der Waals surface area contributed by atoms with Gasteiger partial charge in [-0.1, -0.05) is 6.07 Å². The fraction of sp³-hybridized carbons (Fsp3) is 0.0625. The summed E-state index contributed by atoms with van der Waals surface area (Å²) in [5.74, 6) is -0.644. The average molecular weight is 308 g/mol. The van der Waals surface area contributed by atoms with Crippen molar-refractivity contribution in [1.29, 1.82) is 5.26 Å². The van der Waals surface area contributed by atoms with Crippen molar-refractivity contribution in [2.24, 2.45) is 0 Å². The lowest BCUT2D eigenvalue weighted by Gasteiger charge is -2.09. The van der Waals surface area contributed by atoms with E-state index < -0.39 is 5.97 Å². The van der Waals surface area contributed by atoms with Crippen LogP contribution in [-0.4, -0.2) is 22.6 Å². The van der Waals surface area contributed by atoms with Gasteiger partial charge in [0, 0.05) is 24.1 Å². The fourth-order valence-corrected chi connectivity index (χ4v) is 2.42. The summed E-state index contributed by atoms with van der Waals surface area (Å²) >= 11 is 0. The molecule has 114 valence electrons. The lowest BCUT2D eigenvalue weighted by atomic mass is 10.1. The Kier molecular flexibility index (Phi) is 3.35. The molecule has 3 aromatic rings. The van der Waals surface area contributed by atoms with Gasteiger partial charge in [-0.2, -0.15) is 5.26 Å². The molecule has 1 aromatic carbocycles. The molecule has 0 aliphatic rings. The van der Waals surface area contributed by atoms with Crippen molar-refractivity contribution in [3.05, 3.63) is 58.3 Å². The van der Waals surface area contributed by atoms with Gasteiger partial charge in [0.25, 0.3) is 0 Å². The number of nitriles is 1. The molecule has 0 amide bonds. The summed E-state index contributed by atoms with van der Waals surface area (Å²) in [5, 5.41) is 10.7. The van der Waals surface area contributed by atoms with Gasteiger partial charge >= 0.3 is 5.97 Å². The third-order valence-corrected chi connectivity index (χ3v) is 3.55. The quantitative estimate of drug-likeness (QED) is 0.697. The largest absolute Gasteiger partial charge is 0.464 e. The molecule has 0 atom stereocenters. The Hall–Kier alpha value is -3.53. The highest BCUT2D eigenvalue weighted by Gasteiger charge is 2.21. The van der Waals surface area contributed by atoms with E-state index in [0.29, 0.717) is 11.1 Å². The molecule has 0 spiro atoms. The second-order valence-corrected chi connectivity index (χ2v) is 4.89. The van der Waals surface area contributed by atoms with Crippen LogP contribution in [0.5, 0.6) is 0 Å². The van der Waals surface area contributed by atoms with Crippen molar-refractivity contribution in [2.45, 2.75) is 0 Å². The van der Waals surface area contributed by atoms with Crippen LogP contribution in [0.1, 0.15) is 16.1 Å². The Labute approximate surface area is 130 Å². The number of hydrogen-bond donors (Lipinski definition) is 2. The van der Waals surface area contributed by atoms with E-state index in [-0.39, 0.29) is 22.5 Å². The molecule has 3 N–H and O–H groups in total. The van der Waals surface area contributed by atoms with Crippen LogP contribution < -0.4 is 11.3 Å². The van der Waals surface area contributed by atoms with Crippen LogP contribution in [0, 0.1) is 11.3 Å². The van der Waals surface area contributed by atoms with Crippen molar-refractivity contribution >= 4 is 22.4 Å². The van der Waals surface area contributed by atoms with Gasteiger partial charge in [-0.05, 0) is 22.9 Å². The Balaban J connectivity index is 2.28. The number of H-pyrrole nitrogens is 1. The number of ether oxygens (including phenoxy) is 1. The number of rotatable bonds is 2. The first-order valence-electron chi connectivity index (χ1n) is 6.67. The molecule has 0 aliphatic carbocycles. The summed E-state index contributed by atoms with van der Waals surface area (Å²) in [6, 6.07) is 8.68. The number of anilines is 1. The Morgan fingerprint density at radius 2 is 2.13 bits per heavy atom. The van der Waals surface area contributed by atoms with Crippen LogP contribution in [0.4, 0.5) is 5.69 Å². The minimum absolute atomic E-state index is 0.0605. The molecule has 0 saturated heterocycles. The van der Waals surface area contributed by atoms with Crippen molar-refractivity contribution < 1.29 is 9.53 Å². The number of fused-ring (bicyclic) bond motifs is 1. The summed E-state index contributed by atoms with van der Waals surface area (Å²) in [5.41, 5.74) is 6.55. The summed E-state index contributed by atoms with van der Waals surface area (Å²) in [4.78, 5) is 26.0. The maximum atomic E-state index is 12.0. The van der Waals surface area contributed by atoms with Crippen LogP contribution in [-0.2, 0) is 4.74 Å². The molecule has 23 heavy (non-hydrogen) atoms. The number of carbonyl (C=O) groups is 1. The van der Waals surface area contributed by atoms with Gasteiger partial charge in [0.15, 0.2) is 5.69 Å². The van der Waals surface area contributed by atoms with Crippen LogP contribution in [0.2, 0.25) is 0 Å². The van der Waals surface area contributed by atoms with Crippen molar-refractivity contribution in [2.75, 3.05) is 12.8 Å². The van der Waals surface area contributed by atoms with Crippen LogP contribution >= 0.6 is 0 Å². The van der Waals surface area contributed by atoms with E-state index in [4.69, 9.17) is 15.7 Å². The van der Waals surface area contributed by atoms with Gasteiger partial charge in [-0.25, -0.2) is 4.79 Å². The molecule has 2 aromatic heterocycles. The highest BCUT2D eigenvalue weighted by molar-refractivity contribution is 5.96. The Morgan fingerprint density at radius 1 is 1.35 bits per heavy atom. The van der Waals surface area contributed by atoms with Crippen molar-refractivity contribution in [3.8, 4) is 11.8 Å². The molecular formula is C16H12N4O3. The summed E-state index contributed by atoms with van der Waals surface area (Å²) in [6.45, 7) is 0. The smallest absolute Gasteiger partial charge is 0.357 e. The number of benzene rings is 1. The summed E-state index contributed by atoms with van der Waals surface area (Å²) < 4.78 is 6.23. The van der Waals surface area contributed by atoms with Crippen LogP contribution in [0.3, 0.4) is 0 Å². The summed E-state index contributed by atoms with van der Waals surface area (Å²) in [6.07, 6.45) is 3.07. The number of aromatic nitrogens is 2. The minimum atomic E-state index is -0.644. The number of nitrogens with zero attached hydrogens (tertiary/aromatic N) is 2. The standard InChI is InChI=1S/C16H12N4O3/c1-23-16(22)15-14(18)11(6-17)8-20(15)12-3-2-9-7-19-13(21)5-10(9)4-12/h2-5,7-8H,18H2,1H3,(H,19,21).